The zero-order valence-electron chi connectivity index (χ0n) is 34.1. The van der Waals surface area contributed by atoms with Crippen molar-refractivity contribution in [3.8, 4) is 17.2 Å². The van der Waals surface area contributed by atoms with Gasteiger partial charge in [-0.15, -0.1) is 0 Å². The first-order valence-electron chi connectivity index (χ1n) is 20.0. The van der Waals surface area contributed by atoms with Crippen LogP contribution in [0.25, 0.3) is 0 Å². The number of aromatic hydroxyl groups is 3. The predicted octanol–water partition coefficient (Wildman–Crippen LogP) is 2.86. The van der Waals surface area contributed by atoms with Crippen LogP contribution in [0.2, 0.25) is 0 Å². The Kier molecular flexibility index (Phi) is 12.0. The molecule has 0 aromatic heterocycles. The molecular weight excluding hydrogens is 774 g/mol. The molecule has 13 atom stereocenters. The van der Waals surface area contributed by atoms with Crippen LogP contribution in [0.3, 0.4) is 0 Å². The van der Waals surface area contributed by atoms with Gasteiger partial charge in [0.25, 0.3) is 0 Å². The van der Waals surface area contributed by atoms with Gasteiger partial charge in [-0.05, 0) is 65.0 Å². The lowest BCUT2D eigenvalue weighted by Crippen LogP contribution is -2.58. The van der Waals surface area contributed by atoms with Crippen molar-refractivity contribution in [1.82, 2.24) is 4.90 Å². The Labute approximate surface area is 341 Å². The Morgan fingerprint density at radius 1 is 0.864 bits per heavy atom. The Balaban J connectivity index is 1.14. The lowest BCUT2D eigenvalue weighted by Gasteiger charge is -2.48. The monoisotopic (exact) mass is 827 g/mol. The number of aliphatic hydroxyl groups excluding tert-OH is 1. The van der Waals surface area contributed by atoms with Crippen LogP contribution in [-0.2, 0) is 42.7 Å². The van der Waals surface area contributed by atoms with Gasteiger partial charge in [0.2, 0.25) is 5.78 Å². The summed E-state index contributed by atoms with van der Waals surface area (Å²) in [7, 11) is 4.85. The van der Waals surface area contributed by atoms with E-state index in [-0.39, 0.29) is 54.2 Å². The van der Waals surface area contributed by atoms with E-state index in [9.17, 15) is 44.7 Å². The number of fused-ring (bicyclic) bond motifs is 3. The summed E-state index contributed by atoms with van der Waals surface area (Å²) in [5, 5.41) is 56.5. The summed E-state index contributed by atoms with van der Waals surface area (Å²) in [5.74, 6) is -5.90. The van der Waals surface area contributed by atoms with E-state index in [1.807, 2.05) is 19.0 Å². The molecule has 0 amide bonds. The molecule has 0 spiro atoms. The topological polar surface area (TPSA) is 237 Å². The molecule has 322 valence electrons. The fourth-order valence-corrected chi connectivity index (χ4v) is 9.33. The third kappa shape index (κ3) is 7.65. The molecule has 2 aromatic carbocycles. The van der Waals surface area contributed by atoms with Crippen molar-refractivity contribution in [2.75, 3.05) is 21.2 Å². The molecule has 3 heterocycles. The third-order valence-corrected chi connectivity index (χ3v) is 12.5. The summed E-state index contributed by atoms with van der Waals surface area (Å²) in [5.41, 5.74) is -3.58. The van der Waals surface area contributed by atoms with Gasteiger partial charge in [0.1, 0.15) is 41.5 Å². The second-order valence-electron chi connectivity index (χ2n) is 16.4. The average Bonchev–Trinajstić information content (AvgIpc) is 3.17. The number of aliphatic hydroxyl groups is 2. The number of phenolic OH excluding ortho intramolecular Hbond substituents is 3. The summed E-state index contributed by atoms with van der Waals surface area (Å²) in [4.78, 5) is 55.1. The first kappa shape index (κ1) is 43.1. The maximum Gasteiger partial charge on any atom is 0.316 e. The number of esters is 1. The molecule has 59 heavy (non-hydrogen) atoms. The number of nitrogens with zero attached hydrogens (tertiary/aromatic N) is 1. The molecule has 3 saturated heterocycles. The second-order valence-corrected chi connectivity index (χ2v) is 16.4. The van der Waals surface area contributed by atoms with Gasteiger partial charge in [0.05, 0.1) is 53.8 Å². The Hall–Kier alpha value is -4.04. The largest absolute Gasteiger partial charge is 0.507 e. The summed E-state index contributed by atoms with van der Waals surface area (Å²) >= 11 is 0. The highest BCUT2D eigenvalue weighted by molar-refractivity contribution is 6.31. The molecule has 0 unspecified atom stereocenters. The van der Waals surface area contributed by atoms with Crippen LogP contribution in [0.5, 0.6) is 17.2 Å². The summed E-state index contributed by atoms with van der Waals surface area (Å²) in [6, 6.07) is 3.01. The Morgan fingerprint density at radius 3 is 2.07 bits per heavy atom. The minimum Gasteiger partial charge on any atom is -0.507 e. The van der Waals surface area contributed by atoms with Crippen molar-refractivity contribution >= 4 is 23.3 Å². The van der Waals surface area contributed by atoms with Gasteiger partial charge in [0, 0.05) is 49.3 Å². The zero-order chi connectivity index (χ0) is 42.8. The first-order chi connectivity index (χ1) is 27.9. The quantitative estimate of drug-likeness (QED) is 0.154. The number of ketones is 3. The summed E-state index contributed by atoms with van der Waals surface area (Å²) in [6.45, 7) is 6.89. The molecule has 3 fully saturated rings. The average molecular weight is 828 g/mol. The van der Waals surface area contributed by atoms with E-state index in [0.29, 0.717) is 12.8 Å². The van der Waals surface area contributed by atoms with Crippen molar-refractivity contribution in [2.45, 2.75) is 145 Å². The van der Waals surface area contributed by atoms with Crippen molar-refractivity contribution in [3.63, 3.8) is 0 Å². The van der Waals surface area contributed by atoms with E-state index >= 15 is 0 Å². The Bertz CT molecular complexity index is 1990. The van der Waals surface area contributed by atoms with Gasteiger partial charge in [-0.25, -0.2) is 0 Å². The highest BCUT2D eigenvalue weighted by atomic mass is 16.7. The van der Waals surface area contributed by atoms with Crippen LogP contribution < -0.4 is 0 Å². The Morgan fingerprint density at radius 2 is 1.47 bits per heavy atom. The van der Waals surface area contributed by atoms with Crippen LogP contribution in [0.1, 0.15) is 121 Å². The number of hydrogen-bond acceptors (Lipinski definition) is 17. The number of likely N-dealkylation sites (N-methyl/N-ethyl adjacent to an activating group) is 1. The normalized spacial score (nSPS) is 35.9. The molecular formula is C42H53NO16. The SMILES string of the molecule is CC[C@@]1(O)C[C@H](O[C@H]2C[C@H](N(C)C)[C@@H](O[C@H]3C[C@H](O)[C@@H](O[C@H]4CCC(=O)[C@H](C)O4)[C@H](C)O3)[C@H](C)O2)c2c(cc3c(c2O)C(=O)c2c(O)ccc(O)c2C3=O)[C@H]1C(=O)OC. The molecule has 17 nitrogen and oxygen atoms in total. The number of benzene rings is 2. The van der Waals surface area contributed by atoms with Crippen LogP contribution in [0.4, 0.5) is 0 Å². The van der Waals surface area contributed by atoms with Gasteiger partial charge in [0.15, 0.2) is 30.4 Å². The van der Waals surface area contributed by atoms with E-state index in [1.165, 1.54) is 6.07 Å². The minimum atomic E-state index is -1.81. The van der Waals surface area contributed by atoms with Crippen LogP contribution in [-0.4, -0.2) is 142 Å². The van der Waals surface area contributed by atoms with Gasteiger partial charge in [-0.1, -0.05) is 6.92 Å². The van der Waals surface area contributed by atoms with Crippen molar-refractivity contribution in [1.29, 1.82) is 0 Å². The van der Waals surface area contributed by atoms with Crippen LogP contribution >= 0.6 is 0 Å². The maximum absolute atomic E-state index is 14.0. The number of phenols is 3. The van der Waals surface area contributed by atoms with Gasteiger partial charge >= 0.3 is 5.97 Å². The second kappa shape index (κ2) is 16.4. The van der Waals surface area contributed by atoms with Crippen molar-refractivity contribution in [2.24, 2.45) is 0 Å². The molecule has 0 saturated carbocycles. The van der Waals surface area contributed by atoms with Gasteiger partial charge < -0.3 is 63.6 Å². The molecule has 2 aromatic rings. The van der Waals surface area contributed by atoms with Gasteiger partial charge in [-0.2, -0.15) is 0 Å². The molecule has 5 N–H and O–H groups in total. The summed E-state index contributed by atoms with van der Waals surface area (Å²) in [6.07, 6.45) is -6.99. The lowest BCUT2D eigenvalue weighted by atomic mass is 9.67. The molecule has 0 bridgehead atoms. The van der Waals surface area contributed by atoms with Crippen LogP contribution in [0, 0.1) is 0 Å². The van der Waals surface area contributed by atoms with E-state index < -0.39 is 125 Å². The highest BCUT2D eigenvalue weighted by Gasteiger charge is 2.54. The van der Waals surface area contributed by atoms with E-state index in [4.69, 9.17) is 33.2 Å². The molecule has 17 heteroatoms. The first-order valence-corrected chi connectivity index (χ1v) is 20.0. The fourth-order valence-electron chi connectivity index (χ4n) is 9.33. The predicted molar refractivity (Wildman–Crippen MR) is 203 cm³/mol. The number of carbonyl (C=O) groups is 4. The molecule has 0 radical (unpaired) electrons. The fraction of sp³-hybridized carbons (Fsp3) is 0.619. The molecule has 3 aliphatic heterocycles. The zero-order valence-corrected chi connectivity index (χ0v) is 34.1. The van der Waals surface area contributed by atoms with Crippen LogP contribution in [0.15, 0.2) is 18.2 Å². The van der Waals surface area contributed by atoms with E-state index in [2.05, 4.69) is 0 Å². The minimum absolute atomic E-state index is 0.00116. The number of ether oxygens (including phenoxy) is 7. The molecule has 2 aliphatic carbocycles. The van der Waals surface area contributed by atoms with Crippen molar-refractivity contribution in [3.05, 3.63) is 51.6 Å². The van der Waals surface area contributed by atoms with E-state index in [1.54, 1.807) is 27.7 Å². The number of hydrogen-bond donors (Lipinski definition) is 5. The van der Waals surface area contributed by atoms with Gasteiger partial charge in [-0.3, -0.25) is 19.2 Å². The van der Waals surface area contributed by atoms with E-state index in [0.717, 1.165) is 19.2 Å². The van der Waals surface area contributed by atoms with Crippen molar-refractivity contribution < 1.29 is 77.9 Å². The summed E-state index contributed by atoms with van der Waals surface area (Å²) < 4.78 is 42.6. The number of Topliss-reactive ketones (excluding diaryl/α,β-unsaturated/α-hetero) is 1. The standard InChI is InChI=1S/C42H53NO16/c1-8-42(52)16-27(31-20(35(42)41(51)53-7)13-21-32(37(31)49)38(50)34-25(46)10-9-24(45)33(34)36(21)48)57-29-14-22(43(5)6)39(18(3)55-29)59-30-15-26(47)40(19(4)56-30)58-28-12-11-23(44)17(2)54-28/h9-10,13,17-19,22,26-30,35,39-40,45-47,49,52H,8,11-12,14-16H2,1-7H3/t17-,18-,19-,22-,26-,27-,28-,29-,30-,35-,39-,40-,42+/m0/s1. The molecule has 5 aliphatic rings. The number of methoxy groups -OCH3 is 1. The number of rotatable bonds is 9. The lowest BCUT2D eigenvalue weighted by molar-refractivity contribution is -0.324. The molecule has 7 rings (SSSR count). The smallest absolute Gasteiger partial charge is 0.316 e. The highest BCUT2D eigenvalue weighted by Crippen LogP contribution is 2.54. The maximum atomic E-state index is 14.0. The number of carbonyl (C=O) groups excluding carboxylic acids is 4. The third-order valence-electron chi connectivity index (χ3n) is 12.5.